The van der Waals surface area contributed by atoms with Crippen LogP contribution in [0.25, 0.3) is 0 Å². The van der Waals surface area contributed by atoms with Gasteiger partial charge in [0.15, 0.2) is 0 Å². The van der Waals surface area contributed by atoms with Crippen LogP contribution in [0.2, 0.25) is 0 Å². The summed E-state index contributed by atoms with van der Waals surface area (Å²) in [7, 11) is 3.90. The summed E-state index contributed by atoms with van der Waals surface area (Å²) in [4.78, 5) is 40.0. The Labute approximate surface area is 186 Å². The van der Waals surface area contributed by atoms with Crippen molar-refractivity contribution in [2.45, 2.75) is 25.9 Å². The molecule has 2 N–H and O–H groups in total. The lowest BCUT2D eigenvalue weighted by Gasteiger charge is -2.30. The largest absolute Gasteiger partial charge is 0.490 e. The normalized spacial score (nSPS) is 13.6. The van der Waals surface area contributed by atoms with Crippen LogP contribution in [-0.4, -0.2) is 92.2 Å². The molecule has 0 radical (unpaired) electrons. The number of alkyl halides is 3. The second-order valence-electron chi connectivity index (χ2n) is 7.46. The van der Waals surface area contributed by atoms with Gasteiger partial charge in [-0.25, -0.2) is 4.79 Å². The molecule has 1 heterocycles. The molecule has 1 aromatic rings. The topological polar surface area (TPSA) is 93.2 Å². The maximum atomic E-state index is 13.0. The van der Waals surface area contributed by atoms with Crippen LogP contribution in [0, 0.1) is 0 Å². The minimum absolute atomic E-state index is 0.0368. The molecule has 0 aromatic heterocycles. The van der Waals surface area contributed by atoms with Gasteiger partial charge in [-0.15, -0.1) is 0 Å². The van der Waals surface area contributed by atoms with E-state index < -0.39 is 12.1 Å². The number of carbonyl (C=O) groups is 3. The van der Waals surface area contributed by atoms with E-state index in [0.717, 1.165) is 31.6 Å². The van der Waals surface area contributed by atoms with Crippen LogP contribution in [-0.2, 0) is 9.59 Å². The molecular formula is C21H31F3N4O4. The fourth-order valence-corrected chi connectivity index (χ4v) is 2.88. The van der Waals surface area contributed by atoms with Crippen LogP contribution in [0.1, 0.15) is 30.1 Å². The molecule has 2 amide bonds. The smallest absolute Gasteiger partial charge is 0.475 e. The van der Waals surface area contributed by atoms with Gasteiger partial charge in [0.25, 0.3) is 5.91 Å². The van der Waals surface area contributed by atoms with Gasteiger partial charge in [-0.2, -0.15) is 13.2 Å². The third-order valence-corrected chi connectivity index (χ3v) is 4.72. The van der Waals surface area contributed by atoms with Gasteiger partial charge in [0, 0.05) is 58.1 Å². The summed E-state index contributed by atoms with van der Waals surface area (Å²) in [5.41, 5.74) is 1.62. The van der Waals surface area contributed by atoms with Crippen molar-refractivity contribution in [2.75, 3.05) is 58.3 Å². The molecule has 0 saturated carbocycles. The second kappa shape index (κ2) is 12.9. The molecule has 0 aliphatic carbocycles. The molecule has 32 heavy (non-hydrogen) atoms. The van der Waals surface area contributed by atoms with Crippen LogP contribution in [0.15, 0.2) is 24.3 Å². The van der Waals surface area contributed by atoms with Crippen LogP contribution in [0.5, 0.6) is 0 Å². The maximum Gasteiger partial charge on any atom is 0.490 e. The Morgan fingerprint density at radius 2 is 1.75 bits per heavy atom. The van der Waals surface area contributed by atoms with E-state index in [1.165, 1.54) is 0 Å². The van der Waals surface area contributed by atoms with E-state index >= 15 is 0 Å². The number of rotatable bonds is 7. The molecule has 0 bridgehead atoms. The quantitative estimate of drug-likeness (QED) is 0.647. The van der Waals surface area contributed by atoms with Crippen molar-refractivity contribution in [2.24, 2.45) is 0 Å². The Bertz CT molecular complexity index is 766. The summed E-state index contributed by atoms with van der Waals surface area (Å²) in [5.74, 6) is -2.79. The monoisotopic (exact) mass is 460 g/mol. The first-order chi connectivity index (χ1) is 15.0. The Morgan fingerprint density at radius 3 is 2.25 bits per heavy atom. The maximum absolute atomic E-state index is 13.0. The van der Waals surface area contributed by atoms with Crippen molar-refractivity contribution in [1.29, 1.82) is 0 Å². The molecule has 11 heteroatoms. The van der Waals surface area contributed by atoms with Crippen molar-refractivity contribution >= 4 is 23.5 Å². The third kappa shape index (κ3) is 9.13. The number of carboxylic acids is 1. The molecule has 1 fully saturated rings. The van der Waals surface area contributed by atoms with E-state index in [4.69, 9.17) is 9.90 Å². The van der Waals surface area contributed by atoms with Crippen LogP contribution >= 0.6 is 0 Å². The highest BCUT2D eigenvalue weighted by molar-refractivity contribution is 5.97. The lowest BCUT2D eigenvalue weighted by molar-refractivity contribution is -0.192. The van der Waals surface area contributed by atoms with E-state index in [1.807, 2.05) is 48.2 Å². The molecule has 0 unspecified atom stereocenters. The molecule has 1 aliphatic heterocycles. The van der Waals surface area contributed by atoms with Crippen molar-refractivity contribution in [1.82, 2.24) is 15.1 Å². The molecule has 1 saturated heterocycles. The number of anilines is 1. The first-order valence-corrected chi connectivity index (χ1v) is 10.3. The van der Waals surface area contributed by atoms with Crippen molar-refractivity contribution in [3.63, 3.8) is 0 Å². The summed E-state index contributed by atoms with van der Waals surface area (Å²) in [5, 5.41) is 10.4. The molecule has 1 aliphatic rings. The van der Waals surface area contributed by atoms with E-state index in [9.17, 15) is 22.8 Å². The van der Waals surface area contributed by atoms with E-state index in [-0.39, 0.29) is 18.4 Å². The highest BCUT2D eigenvalue weighted by atomic mass is 19.4. The van der Waals surface area contributed by atoms with Crippen LogP contribution in [0.4, 0.5) is 18.9 Å². The average Bonchev–Trinajstić information content (AvgIpc) is 2.76. The zero-order chi connectivity index (χ0) is 24.3. The number of aliphatic carboxylic acids is 1. The number of carboxylic acid groups (broad SMARTS) is 1. The fourth-order valence-electron chi connectivity index (χ4n) is 2.88. The number of benzene rings is 1. The number of hydrogen-bond donors (Lipinski definition) is 2. The lowest BCUT2D eigenvalue weighted by Crippen LogP contribution is -2.50. The third-order valence-electron chi connectivity index (χ3n) is 4.72. The minimum Gasteiger partial charge on any atom is -0.475 e. The Hall–Kier alpha value is -2.82. The molecule has 0 spiro atoms. The Kier molecular flexibility index (Phi) is 11.0. The molecule has 180 valence electrons. The summed E-state index contributed by atoms with van der Waals surface area (Å²) < 4.78 is 31.7. The van der Waals surface area contributed by atoms with E-state index in [1.54, 1.807) is 4.90 Å². The Balaban J connectivity index is 0.000000633. The minimum atomic E-state index is -5.08. The standard InChI is InChI=1S/C19H30N4O2.C2HF3O2/c1-4-5-11-23(15-18(24)22-12-9-20-10-13-22)19(25)16-7-6-8-17(14-16)21(2)3;3-2(4,5)1(6)7/h6-8,14,20H,4-5,9-13,15H2,1-3H3;(H,6,7). The van der Waals surface area contributed by atoms with Gasteiger partial charge in [0.2, 0.25) is 5.91 Å². The number of carbonyl (C=O) groups excluding carboxylic acids is 2. The zero-order valence-electron chi connectivity index (χ0n) is 18.6. The van der Waals surface area contributed by atoms with Gasteiger partial charge in [0.1, 0.15) is 6.54 Å². The van der Waals surface area contributed by atoms with Gasteiger partial charge < -0.3 is 25.1 Å². The summed E-state index contributed by atoms with van der Waals surface area (Å²) >= 11 is 0. The highest BCUT2D eigenvalue weighted by Gasteiger charge is 2.38. The van der Waals surface area contributed by atoms with Gasteiger partial charge in [-0.1, -0.05) is 19.4 Å². The second-order valence-corrected chi connectivity index (χ2v) is 7.46. The predicted molar refractivity (Wildman–Crippen MR) is 115 cm³/mol. The van der Waals surface area contributed by atoms with Crippen molar-refractivity contribution in [3.8, 4) is 0 Å². The molecule has 1 aromatic carbocycles. The first-order valence-electron chi connectivity index (χ1n) is 10.3. The molecule has 2 rings (SSSR count). The van der Waals surface area contributed by atoms with Crippen LogP contribution < -0.4 is 10.2 Å². The van der Waals surface area contributed by atoms with Gasteiger partial charge in [-0.05, 0) is 24.6 Å². The fraction of sp³-hybridized carbons (Fsp3) is 0.571. The van der Waals surface area contributed by atoms with Gasteiger partial charge in [-0.3, -0.25) is 9.59 Å². The number of piperazine rings is 1. The predicted octanol–water partition coefficient (Wildman–Crippen LogP) is 2.06. The van der Waals surface area contributed by atoms with Crippen LogP contribution in [0.3, 0.4) is 0 Å². The molecule has 8 nitrogen and oxygen atoms in total. The number of amides is 2. The number of hydrogen-bond acceptors (Lipinski definition) is 5. The van der Waals surface area contributed by atoms with E-state index in [2.05, 4.69) is 12.2 Å². The Morgan fingerprint density at radius 1 is 1.16 bits per heavy atom. The lowest BCUT2D eigenvalue weighted by atomic mass is 10.1. The van der Waals surface area contributed by atoms with Gasteiger partial charge >= 0.3 is 12.1 Å². The summed E-state index contributed by atoms with van der Waals surface area (Å²) in [6, 6.07) is 7.57. The van der Waals surface area contributed by atoms with Gasteiger partial charge in [0.05, 0.1) is 0 Å². The first kappa shape index (κ1) is 27.2. The highest BCUT2D eigenvalue weighted by Crippen LogP contribution is 2.16. The summed E-state index contributed by atoms with van der Waals surface area (Å²) in [6.07, 6.45) is -3.20. The number of nitrogens with zero attached hydrogens (tertiary/aromatic N) is 3. The summed E-state index contributed by atoms with van der Waals surface area (Å²) in [6.45, 7) is 5.92. The zero-order valence-corrected chi connectivity index (χ0v) is 18.6. The number of nitrogens with one attached hydrogen (secondary N) is 1. The molecule has 0 atom stereocenters. The SMILES string of the molecule is CCCCN(CC(=O)N1CCNCC1)C(=O)c1cccc(N(C)C)c1.O=C(O)C(F)(F)F. The number of unbranched alkanes of at least 4 members (excludes halogenated alkanes) is 1. The number of halogens is 3. The average molecular weight is 460 g/mol. The van der Waals surface area contributed by atoms with Crippen molar-refractivity contribution < 1.29 is 32.7 Å². The van der Waals surface area contributed by atoms with E-state index in [0.29, 0.717) is 25.2 Å². The molecular weight excluding hydrogens is 429 g/mol. The van der Waals surface area contributed by atoms with Crippen molar-refractivity contribution in [3.05, 3.63) is 29.8 Å².